The number of aromatic nitrogens is 1. The molecule has 0 bridgehead atoms. The Morgan fingerprint density at radius 2 is 1.82 bits per heavy atom. The zero-order chi connectivity index (χ0) is 22.8. The van der Waals surface area contributed by atoms with Crippen molar-refractivity contribution in [3.8, 4) is 11.8 Å². The second-order valence-corrected chi connectivity index (χ2v) is 9.34. The molecule has 1 aromatic heterocycles. The molecule has 2 amide bonds. The molecular formula is C27H29N3O3. The van der Waals surface area contributed by atoms with E-state index in [1.54, 1.807) is 34.3 Å². The van der Waals surface area contributed by atoms with Crippen LogP contribution in [0.4, 0.5) is 0 Å². The van der Waals surface area contributed by atoms with Crippen molar-refractivity contribution in [3.05, 3.63) is 65.5 Å². The number of nitrogens with zero attached hydrogens (tertiary/aromatic N) is 3. The van der Waals surface area contributed by atoms with Crippen LogP contribution in [-0.4, -0.2) is 63.5 Å². The van der Waals surface area contributed by atoms with Crippen molar-refractivity contribution in [3.63, 3.8) is 0 Å². The predicted molar refractivity (Wildman–Crippen MR) is 124 cm³/mol. The highest BCUT2D eigenvalue weighted by atomic mass is 16.3. The highest BCUT2D eigenvalue weighted by Gasteiger charge is 2.54. The predicted octanol–water partition coefficient (Wildman–Crippen LogP) is 2.82. The molecule has 1 N–H and O–H groups in total. The number of aliphatic hydroxyl groups is 1. The first-order chi connectivity index (χ1) is 16.2. The van der Waals surface area contributed by atoms with Gasteiger partial charge in [0, 0.05) is 42.4 Å². The molecule has 1 saturated carbocycles. The molecule has 3 atom stereocenters. The van der Waals surface area contributed by atoms with Gasteiger partial charge in [-0.3, -0.25) is 14.6 Å². The Morgan fingerprint density at radius 3 is 2.52 bits per heavy atom. The van der Waals surface area contributed by atoms with Gasteiger partial charge < -0.3 is 14.9 Å². The summed E-state index contributed by atoms with van der Waals surface area (Å²) >= 11 is 0. The standard InChI is InChI=1S/C27H29N3O3/c31-18-24-26(21-10-8-20(9-11-21)7-3-6-19-4-1-2-5-19)23-16-29(17-25(32)30(23)24)27(33)22-12-14-28-15-13-22/h8-15,19,23-24,26,31H,1-2,4-6,16-18H2/t23-,24+,26-/m1/s1. The number of benzene rings is 1. The lowest BCUT2D eigenvalue weighted by molar-refractivity contribution is -0.159. The van der Waals surface area contributed by atoms with Crippen molar-refractivity contribution in [2.45, 2.75) is 50.1 Å². The Hall–Kier alpha value is -3.17. The number of hydrogen-bond donors (Lipinski definition) is 1. The number of carbonyl (C=O) groups is 2. The summed E-state index contributed by atoms with van der Waals surface area (Å²) < 4.78 is 0. The first-order valence-electron chi connectivity index (χ1n) is 11.9. The van der Waals surface area contributed by atoms with Crippen LogP contribution in [0.2, 0.25) is 0 Å². The van der Waals surface area contributed by atoms with Crippen LogP contribution < -0.4 is 0 Å². The van der Waals surface area contributed by atoms with Gasteiger partial charge in [-0.1, -0.05) is 36.8 Å². The third-order valence-corrected chi connectivity index (χ3v) is 7.36. The quantitative estimate of drug-likeness (QED) is 0.738. The number of pyridine rings is 1. The third-order valence-electron chi connectivity index (χ3n) is 7.36. The van der Waals surface area contributed by atoms with Gasteiger partial charge in [0.1, 0.15) is 6.54 Å². The van der Waals surface area contributed by atoms with Gasteiger partial charge in [0.15, 0.2) is 0 Å². The van der Waals surface area contributed by atoms with Crippen molar-refractivity contribution in [2.75, 3.05) is 19.7 Å². The molecule has 170 valence electrons. The largest absolute Gasteiger partial charge is 0.394 e. The minimum Gasteiger partial charge on any atom is -0.394 e. The second kappa shape index (κ2) is 9.36. The van der Waals surface area contributed by atoms with Crippen LogP contribution in [0.25, 0.3) is 0 Å². The molecule has 3 heterocycles. The molecule has 2 aromatic rings. The Labute approximate surface area is 194 Å². The van der Waals surface area contributed by atoms with E-state index in [4.69, 9.17) is 0 Å². The molecule has 33 heavy (non-hydrogen) atoms. The van der Waals surface area contributed by atoms with Gasteiger partial charge in [-0.05, 0) is 48.6 Å². The van der Waals surface area contributed by atoms with Crippen LogP contribution in [0, 0.1) is 17.8 Å². The molecule has 2 aliphatic heterocycles. The van der Waals surface area contributed by atoms with Crippen LogP contribution in [0.5, 0.6) is 0 Å². The molecule has 0 spiro atoms. The maximum Gasteiger partial charge on any atom is 0.254 e. The summed E-state index contributed by atoms with van der Waals surface area (Å²) in [4.78, 5) is 33.1. The molecule has 0 radical (unpaired) electrons. The fourth-order valence-electron chi connectivity index (χ4n) is 5.63. The van der Waals surface area contributed by atoms with E-state index in [1.165, 1.54) is 25.7 Å². The Bertz CT molecular complexity index is 1070. The van der Waals surface area contributed by atoms with E-state index in [1.807, 2.05) is 12.1 Å². The first kappa shape index (κ1) is 21.7. The molecule has 3 aliphatic rings. The Morgan fingerprint density at radius 1 is 1.09 bits per heavy atom. The van der Waals surface area contributed by atoms with Gasteiger partial charge in [-0.15, -0.1) is 0 Å². The zero-order valence-electron chi connectivity index (χ0n) is 18.7. The molecule has 6 heteroatoms. The highest BCUT2D eigenvalue weighted by Crippen LogP contribution is 2.43. The number of piperazine rings is 1. The lowest BCUT2D eigenvalue weighted by Gasteiger charge is -2.58. The molecule has 2 saturated heterocycles. The first-order valence-corrected chi connectivity index (χ1v) is 11.9. The molecule has 6 nitrogen and oxygen atoms in total. The molecule has 1 aliphatic carbocycles. The molecule has 5 rings (SSSR count). The minimum absolute atomic E-state index is 0.00696. The van der Waals surface area contributed by atoms with Crippen LogP contribution >= 0.6 is 0 Å². The lowest BCUT2D eigenvalue weighted by atomic mass is 9.73. The third kappa shape index (κ3) is 4.26. The number of rotatable bonds is 4. The smallest absolute Gasteiger partial charge is 0.254 e. The van der Waals surface area contributed by atoms with Crippen LogP contribution in [0.3, 0.4) is 0 Å². The Balaban J connectivity index is 1.30. The number of hydrogen-bond acceptors (Lipinski definition) is 4. The number of aliphatic hydroxyl groups excluding tert-OH is 1. The SMILES string of the molecule is O=C(c1ccncc1)N1CC(=O)N2[C@H](C1)[C@@H](c1ccc(C#CCC3CCCC3)cc1)[C@@H]2CO. The summed E-state index contributed by atoms with van der Waals surface area (Å²) in [5.74, 6) is 7.09. The molecule has 3 fully saturated rings. The normalized spacial score (nSPS) is 24.6. The van der Waals surface area contributed by atoms with Crippen molar-refractivity contribution >= 4 is 11.8 Å². The summed E-state index contributed by atoms with van der Waals surface area (Å²) in [5, 5.41) is 10.00. The minimum atomic E-state index is -0.250. The van der Waals surface area contributed by atoms with E-state index in [9.17, 15) is 14.7 Å². The highest BCUT2D eigenvalue weighted by molar-refractivity contribution is 5.97. The average Bonchev–Trinajstić information content (AvgIpc) is 3.35. The molecule has 1 aromatic carbocycles. The van der Waals surface area contributed by atoms with Crippen molar-refractivity contribution in [1.29, 1.82) is 0 Å². The topological polar surface area (TPSA) is 73.7 Å². The maximum absolute atomic E-state index is 12.9. The monoisotopic (exact) mass is 443 g/mol. The van der Waals surface area contributed by atoms with Gasteiger partial charge in [0.05, 0.1) is 18.7 Å². The average molecular weight is 444 g/mol. The summed E-state index contributed by atoms with van der Waals surface area (Å²) in [5.41, 5.74) is 2.59. The molecular weight excluding hydrogens is 414 g/mol. The summed E-state index contributed by atoms with van der Waals surface area (Å²) in [6.45, 7) is 0.404. The van der Waals surface area contributed by atoms with Gasteiger partial charge in [-0.25, -0.2) is 0 Å². The summed E-state index contributed by atoms with van der Waals surface area (Å²) in [6, 6.07) is 11.1. The fourth-order valence-corrected chi connectivity index (χ4v) is 5.63. The number of carbonyl (C=O) groups excluding carboxylic acids is 2. The zero-order valence-corrected chi connectivity index (χ0v) is 18.7. The van der Waals surface area contributed by atoms with E-state index >= 15 is 0 Å². The van der Waals surface area contributed by atoms with E-state index in [2.05, 4.69) is 29.0 Å². The van der Waals surface area contributed by atoms with E-state index < -0.39 is 0 Å². The second-order valence-electron chi connectivity index (χ2n) is 9.34. The van der Waals surface area contributed by atoms with Gasteiger partial charge in [0.25, 0.3) is 5.91 Å². The van der Waals surface area contributed by atoms with Crippen LogP contribution in [0.15, 0.2) is 48.8 Å². The summed E-state index contributed by atoms with van der Waals surface area (Å²) in [7, 11) is 0. The maximum atomic E-state index is 12.9. The fraction of sp³-hybridized carbons (Fsp3) is 0.444. The van der Waals surface area contributed by atoms with Gasteiger partial charge in [0.2, 0.25) is 5.91 Å². The van der Waals surface area contributed by atoms with E-state index in [0.717, 1.165) is 23.5 Å². The van der Waals surface area contributed by atoms with Gasteiger partial charge in [-0.2, -0.15) is 0 Å². The van der Waals surface area contributed by atoms with Gasteiger partial charge >= 0.3 is 0 Å². The van der Waals surface area contributed by atoms with Crippen molar-refractivity contribution in [2.24, 2.45) is 5.92 Å². The Kier molecular flexibility index (Phi) is 6.15. The number of fused-ring (bicyclic) bond motifs is 1. The van der Waals surface area contributed by atoms with Crippen molar-refractivity contribution < 1.29 is 14.7 Å². The van der Waals surface area contributed by atoms with Crippen LogP contribution in [0.1, 0.15) is 59.5 Å². The van der Waals surface area contributed by atoms with Crippen LogP contribution in [-0.2, 0) is 4.79 Å². The summed E-state index contributed by atoms with van der Waals surface area (Å²) in [6.07, 6.45) is 9.40. The van der Waals surface area contributed by atoms with Crippen molar-refractivity contribution in [1.82, 2.24) is 14.8 Å². The lowest BCUT2D eigenvalue weighted by Crippen LogP contribution is -2.73. The van der Waals surface area contributed by atoms with E-state index in [-0.39, 0.29) is 43.0 Å². The number of amides is 2. The molecule has 0 unspecified atom stereocenters. The van der Waals surface area contributed by atoms with E-state index in [0.29, 0.717) is 12.1 Å².